The molecule has 7 nitrogen and oxygen atoms in total. The molecule has 158 valence electrons. The molecule has 0 aliphatic rings. The van der Waals surface area contributed by atoms with Gasteiger partial charge in [-0.3, -0.25) is 0 Å². The molecule has 0 aromatic heterocycles. The summed E-state index contributed by atoms with van der Waals surface area (Å²) in [5.74, 6) is 0. The Balaban J connectivity index is 0. The molecule has 0 aromatic rings. The number of ether oxygens (including phenoxy) is 6. The van der Waals surface area contributed by atoms with Gasteiger partial charge < -0.3 is 49.9 Å². The lowest BCUT2D eigenvalue weighted by Gasteiger charge is -2.37. The minimum Gasteiger partial charge on any atom is -1.00 e. The van der Waals surface area contributed by atoms with Crippen LogP contribution in [-0.2, 0) is 28.4 Å². The molecule has 0 atom stereocenters. The molecular formula is C18H38BrNO6. The third kappa shape index (κ3) is 16.1. The normalized spacial score (nSPS) is 11.3. The maximum Gasteiger partial charge on any atom is 0.103 e. The third-order valence-electron chi connectivity index (χ3n) is 3.94. The van der Waals surface area contributed by atoms with Gasteiger partial charge in [-0.15, -0.1) is 0 Å². The number of methoxy groups -OCH3 is 3. The van der Waals surface area contributed by atoms with Crippen LogP contribution >= 0.6 is 0 Å². The van der Waals surface area contributed by atoms with E-state index >= 15 is 0 Å². The maximum atomic E-state index is 5.67. The average molecular weight is 444 g/mol. The van der Waals surface area contributed by atoms with E-state index in [-0.39, 0.29) is 17.0 Å². The number of hydrogen-bond donors (Lipinski definition) is 0. The summed E-state index contributed by atoms with van der Waals surface area (Å²) in [6.07, 6.45) is 1.96. The average Bonchev–Trinajstić information content (AvgIpc) is 2.61. The smallest absolute Gasteiger partial charge is 0.103 e. The SMILES string of the molecule is C=CC[N+](CCOCCOC)(CCOCCOC)CCOCCOC.[Br-]. The van der Waals surface area contributed by atoms with Gasteiger partial charge in [0.25, 0.3) is 0 Å². The minimum atomic E-state index is 0. The van der Waals surface area contributed by atoms with Crippen LogP contribution in [0.1, 0.15) is 0 Å². The highest BCUT2D eigenvalue weighted by Gasteiger charge is 2.25. The number of rotatable bonds is 20. The zero-order chi connectivity index (χ0) is 18.6. The molecule has 8 heteroatoms. The molecule has 0 bridgehead atoms. The first-order valence-electron chi connectivity index (χ1n) is 8.90. The van der Waals surface area contributed by atoms with Crippen LogP contribution < -0.4 is 17.0 Å². The number of halogens is 1. The van der Waals surface area contributed by atoms with E-state index in [0.717, 1.165) is 30.7 Å². The van der Waals surface area contributed by atoms with Gasteiger partial charge in [-0.2, -0.15) is 0 Å². The predicted molar refractivity (Wildman–Crippen MR) is 98.0 cm³/mol. The Kier molecular flexibility index (Phi) is 23.0. The summed E-state index contributed by atoms with van der Waals surface area (Å²) in [6, 6.07) is 0. The summed E-state index contributed by atoms with van der Waals surface area (Å²) in [4.78, 5) is 0. The monoisotopic (exact) mass is 443 g/mol. The molecule has 0 N–H and O–H groups in total. The third-order valence-corrected chi connectivity index (χ3v) is 3.94. The highest BCUT2D eigenvalue weighted by atomic mass is 79.9. The van der Waals surface area contributed by atoms with Gasteiger partial charge >= 0.3 is 0 Å². The lowest BCUT2D eigenvalue weighted by molar-refractivity contribution is -0.923. The van der Waals surface area contributed by atoms with Gasteiger partial charge in [0.15, 0.2) is 0 Å². The van der Waals surface area contributed by atoms with Crippen LogP contribution in [0.25, 0.3) is 0 Å². The van der Waals surface area contributed by atoms with E-state index in [2.05, 4.69) is 6.58 Å². The van der Waals surface area contributed by atoms with E-state index in [4.69, 9.17) is 28.4 Å². The zero-order valence-electron chi connectivity index (χ0n) is 16.8. The van der Waals surface area contributed by atoms with E-state index in [1.807, 2.05) is 6.08 Å². The van der Waals surface area contributed by atoms with Crippen LogP contribution in [0.3, 0.4) is 0 Å². The van der Waals surface area contributed by atoms with Crippen molar-refractivity contribution < 1.29 is 49.9 Å². The molecule has 0 unspecified atom stereocenters. The fourth-order valence-corrected chi connectivity index (χ4v) is 2.39. The van der Waals surface area contributed by atoms with Gasteiger partial charge in [0.1, 0.15) is 19.6 Å². The van der Waals surface area contributed by atoms with Crippen molar-refractivity contribution in [1.82, 2.24) is 0 Å². The molecule has 0 saturated carbocycles. The molecule has 0 saturated heterocycles. The van der Waals surface area contributed by atoms with Crippen LogP contribution in [-0.4, -0.2) is 111 Å². The Hall–Kier alpha value is -0.0600. The minimum absolute atomic E-state index is 0. The molecule has 0 amide bonds. The fraction of sp³-hybridized carbons (Fsp3) is 0.889. The van der Waals surface area contributed by atoms with Gasteiger partial charge in [0, 0.05) is 21.3 Å². The van der Waals surface area contributed by atoms with Gasteiger partial charge in [0.2, 0.25) is 0 Å². The number of nitrogens with zero attached hydrogens (tertiary/aromatic N) is 1. The summed E-state index contributed by atoms with van der Waals surface area (Å²) >= 11 is 0. The zero-order valence-corrected chi connectivity index (χ0v) is 18.3. The van der Waals surface area contributed by atoms with Crippen LogP contribution in [0.2, 0.25) is 0 Å². The van der Waals surface area contributed by atoms with Crippen molar-refractivity contribution >= 4 is 0 Å². The van der Waals surface area contributed by atoms with Gasteiger partial charge in [-0.25, -0.2) is 0 Å². The molecule has 0 heterocycles. The second-order valence-electron chi connectivity index (χ2n) is 5.80. The highest BCUT2D eigenvalue weighted by molar-refractivity contribution is 4.67. The summed E-state index contributed by atoms with van der Waals surface area (Å²) in [5, 5.41) is 0. The van der Waals surface area contributed by atoms with Crippen molar-refractivity contribution in [3.8, 4) is 0 Å². The largest absolute Gasteiger partial charge is 1.00 e. The topological polar surface area (TPSA) is 55.4 Å². The number of quaternary nitrogens is 1. The molecule has 0 radical (unpaired) electrons. The predicted octanol–water partition coefficient (Wildman–Crippen LogP) is -2.02. The van der Waals surface area contributed by atoms with E-state index in [9.17, 15) is 0 Å². The first-order valence-corrected chi connectivity index (χ1v) is 8.90. The molecule has 0 aliphatic heterocycles. The second kappa shape index (κ2) is 21.2. The highest BCUT2D eigenvalue weighted by Crippen LogP contribution is 2.08. The standard InChI is InChI=1S/C18H38NO6.BrH/c1-5-6-19(7-10-23-16-13-20-2,8-11-24-17-14-21-3)9-12-25-18-15-22-4;/h5H,1,6-18H2,2-4H3;1H/q+1;/p-1. The van der Waals surface area contributed by atoms with Crippen molar-refractivity contribution in [3.63, 3.8) is 0 Å². The summed E-state index contributed by atoms with van der Waals surface area (Å²) < 4.78 is 32.9. The van der Waals surface area contributed by atoms with Crippen LogP contribution in [0.5, 0.6) is 0 Å². The van der Waals surface area contributed by atoms with Crippen molar-refractivity contribution in [2.75, 3.05) is 107 Å². The van der Waals surface area contributed by atoms with Crippen LogP contribution in [0.4, 0.5) is 0 Å². The van der Waals surface area contributed by atoms with E-state index < -0.39 is 0 Å². The van der Waals surface area contributed by atoms with E-state index in [1.54, 1.807) is 21.3 Å². The first kappa shape index (κ1) is 28.2. The summed E-state index contributed by atoms with van der Waals surface area (Å²) in [6.45, 7) is 13.1. The van der Waals surface area contributed by atoms with E-state index in [1.165, 1.54) is 0 Å². The Morgan fingerprint density at radius 1 is 0.615 bits per heavy atom. The van der Waals surface area contributed by atoms with Gasteiger partial charge in [-0.1, -0.05) is 6.58 Å². The quantitative estimate of drug-likeness (QED) is 0.123. The summed E-state index contributed by atoms with van der Waals surface area (Å²) in [7, 11) is 5.03. The second-order valence-corrected chi connectivity index (χ2v) is 5.80. The molecule has 0 aromatic carbocycles. The Labute approximate surface area is 169 Å². The van der Waals surface area contributed by atoms with Crippen molar-refractivity contribution in [2.45, 2.75) is 0 Å². The lowest BCUT2D eigenvalue weighted by atomic mass is 10.3. The van der Waals surface area contributed by atoms with E-state index in [0.29, 0.717) is 59.5 Å². The first-order chi connectivity index (χ1) is 12.2. The van der Waals surface area contributed by atoms with Gasteiger partial charge in [0.05, 0.1) is 66.0 Å². The maximum absolute atomic E-state index is 5.67. The van der Waals surface area contributed by atoms with Crippen LogP contribution in [0, 0.1) is 0 Å². The Bertz CT molecular complexity index is 261. The lowest BCUT2D eigenvalue weighted by Crippen LogP contribution is -3.00. The van der Waals surface area contributed by atoms with Crippen molar-refractivity contribution in [1.29, 1.82) is 0 Å². The van der Waals surface area contributed by atoms with Crippen LogP contribution in [0.15, 0.2) is 12.7 Å². The fourth-order valence-electron chi connectivity index (χ4n) is 2.39. The molecule has 0 fully saturated rings. The molecule has 0 aliphatic carbocycles. The Morgan fingerprint density at radius 3 is 1.23 bits per heavy atom. The molecule has 0 spiro atoms. The van der Waals surface area contributed by atoms with Crippen molar-refractivity contribution in [2.24, 2.45) is 0 Å². The molecule has 0 rings (SSSR count). The summed E-state index contributed by atoms with van der Waals surface area (Å²) in [5.41, 5.74) is 0. The van der Waals surface area contributed by atoms with Gasteiger partial charge in [-0.05, 0) is 6.08 Å². The molecular weight excluding hydrogens is 406 g/mol. The molecule has 26 heavy (non-hydrogen) atoms. The van der Waals surface area contributed by atoms with Crippen molar-refractivity contribution in [3.05, 3.63) is 12.7 Å². The number of hydrogen-bond acceptors (Lipinski definition) is 6. The Morgan fingerprint density at radius 2 is 0.962 bits per heavy atom.